The van der Waals surface area contributed by atoms with Crippen molar-refractivity contribution in [1.82, 2.24) is 29.2 Å². The van der Waals surface area contributed by atoms with E-state index in [0.717, 1.165) is 16.9 Å². The van der Waals surface area contributed by atoms with Crippen molar-refractivity contribution in [1.29, 1.82) is 0 Å². The van der Waals surface area contributed by atoms with Crippen LogP contribution >= 0.6 is 0 Å². The molecule has 1 aliphatic heterocycles. The van der Waals surface area contributed by atoms with Crippen molar-refractivity contribution in [2.24, 2.45) is 0 Å². The number of nitrogens with zero attached hydrogens (tertiary/aromatic N) is 7. The largest absolute Gasteiger partial charge is 0.356 e. The van der Waals surface area contributed by atoms with Gasteiger partial charge in [0.2, 0.25) is 10.0 Å². The highest BCUT2D eigenvalue weighted by molar-refractivity contribution is 7.88. The topological polar surface area (TPSA) is 110 Å². The molecule has 11 heteroatoms. The maximum absolute atomic E-state index is 13.0. The predicted molar refractivity (Wildman–Crippen MR) is 114 cm³/mol. The first-order chi connectivity index (χ1) is 15.0. The van der Waals surface area contributed by atoms with Crippen LogP contribution < -0.4 is 4.90 Å². The molecule has 5 rings (SSSR count). The number of aromatic nitrogens is 5. The van der Waals surface area contributed by atoms with Crippen LogP contribution in [0.2, 0.25) is 0 Å². The molecule has 4 heterocycles. The average molecular weight is 440 g/mol. The van der Waals surface area contributed by atoms with E-state index >= 15 is 0 Å². The smallest absolute Gasteiger partial charge is 0.220 e. The summed E-state index contributed by atoms with van der Waals surface area (Å²) in [6.07, 6.45) is 3.35. The first kappa shape index (κ1) is 19.6. The molecule has 31 heavy (non-hydrogen) atoms. The molecule has 1 aliphatic rings. The Hall–Kier alpha value is -3.31. The molecule has 0 N–H and O–H groups in total. The molecule has 1 aromatic carbocycles. The number of hydrogen-bond acceptors (Lipinski definition) is 8. The summed E-state index contributed by atoms with van der Waals surface area (Å²) in [7, 11) is -3.51. The zero-order valence-corrected chi connectivity index (χ0v) is 17.7. The van der Waals surface area contributed by atoms with Crippen LogP contribution in [0.5, 0.6) is 0 Å². The van der Waals surface area contributed by atoms with Gasteiger partial charge >= 0.3 is 0 Å². The molecule has 0 atom stereocenters. The SMILES string of the molecule is Cc1ccn(-c2cc(N3CCN(S(=O)(=O)Cc4noc5ccccc45)CC3)ncn2)n1. The lowest BCUT2D eigenvalue weighted by molar-refractivity contribution is 0.381. The molecule has 160 valence electrons. The van der Waals surface area contributed by atoms with Crippen LogP contribution in [0.3, 0.4) is 0 Å². The van der Waals surface area contributed by atoms with Crippen LogP contribution in [0.1, 0.15) is 11.4 Å². The summed E-state index contributed by atoms with van der Waals surface area (Å²) < 4.78 is 34.4. The van der Waals surface area contributed by atoms with Crippen molar-refractivity contribution in [2.45, 2.75) is 12.7 Å². The number of rotatable bonds is 5. The highest BCUT2D eigenvalue weighted by Crippen LogP contribution is 2.23. The summed E-state index contributed by atoms with van der Waals surface area (Å²) in [5.41, 5.74) is 1.93. The van der Waals surface area contributed by atoms with Gasteiger partial charge in [-0.1, -0.05) is 17.3 Å². The Bertz CT molecular complexity index is 1320. The van der Waals surface area contributed by atoms with E-state index in [-0.39, 0.29) is 5.75 Å². The zero-order chi connectivity index (χ0) is 21.4. The van der Waals surface area contributed by atoms with E-state index in [1.807, 2.05) is 43.5 Å². The minimum Gasteiger partial charge on any atom is -0.356 e. The van der Waals surface area contributed by atoms with Gasteiger partial charge in [-0.2, -0.15) is 9.40 Å². The van der Waals surface area contributed by atoms with Crippen LogP contribution in [0.15, 0.2) is 53.4 Å². The van der Waals surface area contributed by atoms with Crippen LogP contribution in [-0.4, -0.2) is 63.8 Å². The van der Waals surface area contributed by atoms with E-state index in [9.17, 15) is 8.42 Å². The number of para-hydroxylation sites is 1. The molecular weight excluding hydrogens is 418 g/mol. The van der Waals surface area contributed by atoms with E-state index in [2.05, 4.69) is 25.1 Å². The summed E-state index contributed by atoms with van der Waals surface area (Å²) in [6, 6.07) is 11.0. The summed E-state index contributed by atoms with van der Waals surface area (Å²) in [4.78, 5) is 10.7. The Balaban J connectivity index is 1.28. The van der Waals surface area contributed by atoms with Crippen LogP contribution in [0, 0.1) is 6.92 Å². The monoisotopic (exact) mass is 439 g/mol. The molecule has 0 bridgehead atoms. The Kier molecular flexibility index (Phi) is 4.91. The molecule has 0 amide bonds. The Morgan fingerprint density at radius 2 is 1.81 bits per heavy atom. The van der Waals surface area contributed by atoms with Gasteiger partial charge in [0, 0.05) is 43.8 Å². The van der Waals surface area contributed by atoms with Gasteiger partial charge in [0.15, 0.2) is 11.4 Å². The first-order valence-electron chi connectivity index (χ1n) is 9.90. The van der Waals surface area contributed by atoms with Crippen molar-refractivity contribution in [2.75, 3.05) is 31.1 Å². The van der Waals surface area contributed by atoms with Gasteiger partial charge in [0.05, 0.1) is 5.69 Å². The molecule has 1 fully saturated rings. The number of sulfonamides is 1. The van der Waals surface area contributed by atoms with E-state index in [1.165, 1.54) is 10.6 Å². The fourth-order valence-electron chi connectivity index (χ4n) is 3.68. The number of benzene rings is 1. The highest BCUT2D eigenvalue weighted by atomic mass is 32.2. The minimum atomic E-state index is -3.51. The lowest BCUT2D eigenvalue weighted by Crippen LogP contribution is -2.49. The summed E-state index contributed by atoms with van der Waals surface area (Å²) >= 11 is 0. The Morgan fingerprint density at radius 3 is 2.58 bits per heavy atom. The maximum Gasteiger partial charge on any atom is 0.220 e. The average Bonchev–Trinajstić information content (AvgIpc) is 3.40. The predicted octanol–water partition coefficient (Wildman–Crippen LogP) is 1.76. The maximum atomic E-state index is 13.0. The van der Waals surface area contributed by atoms with Gasteiger partial charge in [-0.3, -0.25) is 0 Å². The standard InChI is InChI=1S/C20H21N7O3S/c1-15-6-7-27(23-15)20-12-19(21-14-22-20)25-8-10-26(11-9-25)31(28,29)13-17-16-4-2-3-5-18(16)30-24-17/h2-7,12,14H,8-11,13H2,1H3. The number of fused-ring (bicyclic) bond motifs is 1. The summed E-state index contributed by atoms with van der Waals surface area (Å²) in [5, 5.41) is 9.07. The molecule has 1 saturated heterocycles. The number of piperazine rings is 1. The number of aryl methyl sites for hydroxylation is 1. The second-order valence-corrected chi connectivity index (χ2v) is 9.37. The molecular formula is C20H21N7O3S. The molecule has 0 aliphatic carbocycles. The number of hydrogen-bond donors (Lipinski definition) is 0. The van der Waals surface area contributed by atoms with Crippen LogP contribution in [0.25, 0.3) is 16.8 Å². The van der Waals surface area contributed by atoms with Gasteiger partial charge < -0.3 is 9.42 Å². The highest BCUT2D eigenvalue weighted by Gasteiger charge is 2.29. The first-order valence-corrected chi connectivity index (χ1v) is 11.5. The normalized spacial score (nSPS) is 15.6. The fraction of sp³-hybridized carbons (Fsp3) is 0.300. The molecule has 0 unspecified atom stereocenters. The lowest BCUT2D eigenvalue weighted by Gasteiger charge is -2.34. The van der Waals surface area contributed by atoms with Gasteiger partial charge in [0.25, 0.3) is 0 Å². The number of anilines is 1. The molecule has 0 radical (unpaired) electrons. The third-order valence-corrected chi connectivity index (χ3v) is 7.11. The molecule has 0 saturated carbocycles. The van der Waals surface area contributed by atoms with Crippen molar-refractivity contribution in [3.05, 3.63) is 60.3 Å². The third kappa shape index (κ3) is 3.89. The molecule has 3 aromatic heterocycles. The molecule has 4 aromatic rings. The van der Waals surface area contributed by atoms with Crippen molar-refractivity contribution in [3.8, 4) is 5.82 Å². The van der Waals surface area contributed by atoms with Gasteiger partial charge in [-0.05, 0) is 25.1 Å². The molecule has 10 nitrogen and oxygen atoms in total. The summed E-state index contributed by atoms with van der Waals surface area (Å²) in [5.74, 6) is 1.24. The zero-order valence-electron chi connectivity index (χ0n) is 16.9. The summed E-state index contributed by atoms with van der Waals surface area (Å²) in [6.45, 7) is 3.73. The third-order valence-electron chi connectivity index (χ3n) is 5.32. The van der Waals surface area contributed by atoms with Gasteiger partial charge in [-0.15, -0.1) is 0 Å². The van der Waals surface area contributed by atoms with Crippen LogP contribution in [0.4, 0.5) is 5.82 Å². The second-order valence-electron chi connectivity index (χ2n) is 7.40. The Morgan fingerprint density at radius 1 is 1.03 bits per heavy atom. The van der Waals surface area contributed by atoms with E-state index in [1.54, 1.807) is 10.7 Å². The van der Waals surface area contributed by atoms with Gasteiger partial charge in [-0.25, -0.2) is 23.1 Å². The fourth-order valence-corrected chi connectivity index (χ4v) is 5.14. The van der Waals surface area contributed by atoms with Crippen molar-refractivity contribution in [3.63, 3.8) is 0 Å². The van der Waals surface area contributed by atoms with Crippen molar-refractivity contribution < 1.29 is 12.9 Å². The Labute approximate surface area is 179 Å². The minimum absolute atomic E-state index is 0.180. The quantitative estimate of drug-likeness (QED) is 0.463. The van der Waals surface area contributed by atoms with Crippen molar-refractivity contribution >= 4 is 26.8 Å². The lowest BCUT2D eigenvalue weighted by atomic mass is 10.2. The van der Waals surface area contributed by atoms with E-state index in [4.69, 9.17) is 4.52 Å². The second kappa shape index (κ2) is 7.75. The van der Waals surface area contributed by atoms with E-state index in [0.29, 0.717) is 43.3 Å². The van der Waals surface area contributed by atoms with Gasteiger partial charge in [0.1, 0.15) is 23.6 Å². The van der Waals surface area contributed by atoms with E-state index < -0.39 is 10.0 Å². The van der Waals surface area contributed by atoms with Crippen LogP contribution in [-0.2, 0) is 15.8 Å². The molecule has 0 spiro atoms.